The van der Waals surface area contributed by atoms with E-state index in [0.29, 0.717) is 4.47 Å². The first-order valence-corrected chi connectivity index (χ1v) is 8.47. The largest absolute Gasteiger partial charge is 0.478 e. The number of ether oxygens (including phenoxy) is 1. The van der Waals surface area contributed by atoms with Gasteiger partial charge in [0.05, 0.1) is 0 Å². The third-order valence-corrected chi connectivity index (χ3v) is 4.27. The van der Waals surface area contributed by atoms with Crippen molar-refractivity contribution in [3.8, 4) is 11.5 Å². The number of carboxylic acid groups (broad SMARTS) is 1. The summed E-state index contributed by atoms with van der Waals surface area (Å²) < 4.78 is 29.5. The van der Waals surface area contributed by atoms with E-state index in [1.807, 2.05) is 0 Å². The summed E-state index contributed by atoms with van der Waals surface area (Å²) in [6.45, 7) is 0. The molecule has 0 fully saturated rings. The maximum absolute atomic E-state index is 11.7. The van der Waals surface area contributed by atoms with Crippen LogP contribution < -0.4 is 4.74 Å². The minimum absolute atomic E-state index is 0.00394. The molecule has 110 valence electrons. The van der Waals surface area contributed by atoms with Gasteiger partial charge >= 0.3 is 5.97 Å². The summed E-state index contributed by atoms with van der Waals surface area (Å²) in [6.07, 6.45) is 1.06. The Labute approximate surface area is 130 Å². The predicted octanol–water partition coefficient (Wildman–Crippen LogP) is 3.34. The number of rotatable bonds is 4. The van der Waals surface area contributed by atoms with Crippen LogP contribution in [0.4, 0.5) is 0 Å². The predicted molar refractivity (Wildman–Crippen MR) is 80.7 cm³/mol. The second-order valence-corrected chi connectivity index (χ2v) is 7.17. The zero-order valence-corrected chi connectivity index (χ0v) is 13.3. The highest BCUT2D eigenvalue weighted by Gasteiger charge is 2.17. The average Bonchev–Trinajstić information content (AvgIpc) is 2.40. The van der Waals surface area contributed by atoms with Crippen LogP contribution in [-0.4, -0.2) is 25.7 Å². The summed E-state index contributed by atoms with van der Waals surface area (Å²) >= 11 is 3.18. The van der Waals surface area contributed by atoms with E-state index in [-0.39, 0.29) is 22.0 Å². The minimum atomic E-state index is -3.48. The number of hydrogen-bond acceptors (Lipinski definition) is 4. The van der Waals surface area contributed by atoms with Gasteiger partial charge in [-0.25, -0.2) is 13.2 Å². The summed E-state index contributed by atoms with van der Waals surface area (Å²) in [4.78, 5) is 11.2. The van der Waals surface area contributed by atoms with E-state index in [0.717, 1.165) is 6.26 Å². The van der Waals surface area contributed by atoms with Crippen LogP contribution in [0, 0.1) is 0 Å². The van der Waals surface area contributed by atoms with Gasteiger partial charge in [0.2, 0.25) is 0 Å². The Morgan fingerprint density at radius 1 is 1.14 bits per heavy atom. The van der Waals surface area contributed by atoms with Gasteiger partial charge in [-0.15, -0.1) is 0 Å². The maximum atomic E-state index is 11.7. The van der Waals surface area contributed by atoms with Crippen LogP contribution in [0.2, 0.25) is 0 Å². The molecular formula is C14H11BrO5S. The smallest absolute Gasteiger partial charge is 0.339 e. The lowest BCUT2D eigenvalue weighted by molar-refractivity contribution is 0.0694. The molecule has 0 bridgehead atoms. The highest BCUT2D eigenvalue weighted by molar-refractivity contribution is 9.10. The Kier molecular flexibility index (Phi) is 4.34. The van der Waals surface area contributed by atoms with Crippen molar-refractivity contribution in [2.45, 2.75) is 4.90 Å². The van der Waals surface area contributed by atoms with Gasteiger partial charge in [0, 0.05) is 10.7 Å². The summed E-state index contributed by atoms with van der Waals surface area (Å²) in [6, 6.07) is 10.5. The topological polar surface area (TPSA) is 80.7 Å². The lowest BCUT2D eigenvalue weighted by Gasteiger charge is -2.12. The molecule has 21 heavy (non-hydrogen) atoms. The quantitative estimate of drug-likeness (QED) is 0.892. The Morgan fingerprint density at radius 3 is 2.43 bits per heavy atom. The van der Waals surface area contributed by atoms with Gasteiger partial charge in [0.25, 0.3) is 0 Å². The van der Waals surface area contributed by atoms with E-state index in [4.69, 9.17) is 4.74 Å². The number of hydrogen-bond donors (Lipinski definition) is 1. The molecule has 0 aromatic heterocycles. The number of halogens is 1. The Bertz CT molecular complexity index is 799. The molecular weight excluding hydrogens is 360 g/mol. The fraction of sp³-hybridized carbons (Fsp3) is 0.0714. The second kappa shape index (κ2) is 5.87. The Hall–Kier alpha value is -1.86. The first-order valence-electron chi connectivity index (χ1n) is 5.79. The monoisotopic (exact) mass is 370 g/mol. The first kappa shape index (κ1) is 15.5. The molecule has 0 spiro atoms. The van der Waals surface area contributed by atoms with Crippen molar-refractivity contribution in [2.24, 2.45) is 0 Å². The molecule has 0 aliphatic rings. The van der Waals surface area contributed by atoms with Crippen molar-refractivity contribution < 1.29 is 23.1 Å². The summed E-state index contributed by atoms with van der Waals surface area (Å²) in [7, 11) is -3.48. The van der Waals surface area contributed by atoms with Crippen LogP contribution >= 0.6 is 15.9 Å². The van der Waals surface area contributed by atoms with E-state index in [1.165, 1.54) is 24.3 Å². The molecule has 2 aromatic carbocycles. The molecule has 2 aromatic rings. The maximum Gasteiger partial charge on any atom is 0.339 e. The normalized spacial score (nSPS) is 11.1. The molecule has 7 heteroatoms. The van der Waals surface area contributed by atoms with E-state index in [1.54, 1.807) is 18.2 Å². The van der Waals surface area contributed by atoms with Crippen molar-refractivity contribution >= 4 is 31.7 Å². The molecule has 2 rings (SSSR count). The number of benzene rings is 2. The third-order valence-electron chi connectivity index (χ3n) is 2.64. The molecule has 0 heterocycles. The molecule has 0 radical (unpaired) electrons. The minimum Gasteiger partial charge on any atom is -0.478 e. The van der Waals surface area contributed by atoms with E-state index in [2.05, 4.69) is 15.9 Å². The molecule has 5 nitrogen and oxygen atoms in total. The van der Waals surface area contributed by atoms with E-state index in [9.17, 15) is 18.3 Å². The molecule has 0 unspecified atom stereocenters. The van der Waals surface area contributed by atoms with Crippen molar-refractivity contribution in [3.63, 3.8) is 0 Å². The highest BCUT2D eigenvalue weighted by Crippen LogP contribution is 2.32. The zero-order valence-electron chi connectivity index (χ0n) is 10.9. The van der Waals surface area contributed by atoms with Gasteiger partial charge < -0.3 is 9.84 Å². The number of aromatic carboxylic acids is 1. The Morgan fingerprint density at radius 2 is 1.81 bits per heavy atom. The van der Waals surface area contributed by atoms with Crippen LogP contribution in [0.3, 0.4) is 0 Å². The molecule has 0 saturated carbocycles. The summed E-state index contributed by atoms with van der Waals surface area (Å²) in [5.74, 6) is -1.00. The second-order valence-electron chi connectivity index (χ2n) is 4.27. The fourth-order valence-electron chi connectivity index (χ4n) is 1.72. The van der Waals surface area contributed by atoms with E-state index < -0.39 is 15.8 Å². The number of sulfone groups is 1. The zero-order chi connectivity index (χ0) is 15.6. The van der Waals surface area contributed by atoms with Crippen LogP contribution in [0.5, 0.6) is 11.5 Å². The first-order chi connectivity index (χ1) is 9.79. The molecule has 0 saturated heterocycles. The lowest BCUT2D eigenvalue weighted by atomic mass is 10.2. The van der Waals surface area contributed by atoms with Gasteiger partial charge in [0.15, 0.2) is 9.84 Å². The van der Waals surface area contributed by atoms with Crippen molar-refractivity contribution in [3.05, 3.63) is 52.5 Å². The summed E-state index contributed by atoms with van der Waals surface area (Å²) in [5.41, 5.74) is -0.0623. The van der Waals surface area contributed by atoms with Crippen LogP contribution in [0.1, 0.15) is 10.4 Å². The highest BCUT2D eigenvalue weighted by atomic mass is 79.9. The van der Waals surface area contributed by atoms with E-state index >= 15 is 0 Å². The van der Waals surface area contributed by atoms with Gasteiger partial charge in [0.1, 0.15) is 22.0 Å². The molecule has 0 amide bonds. The third kappa shape index (κ3) is 3.62. The SMILES string of the molecule is CS(=O)(=O)c1ccccc1Oc1ccc(Br)cc1C(=O)O. The van der Waals surface area contributed by atoms with Crippen molar-refractivity contribution in [1.82, 2.24) is 0 Å². The van der Waals surface area contributed by atoms with Gasteiger partial charge in [-0.05, 0) is 30.3 Å². The van der Waals surface area contributed by atoms with Gasteiger partial charge in [-0.3, -0.25) is 0 Å². The molecule has 0 atom stereocenters. The molecule has 1 N–H and O–H groups in total. The van der Waals surface area contributed by atoms with Gasteiger partial charge in [-0.2, -0.15) is 0 Å². The molecule has 0 aliphatic carbocycles. The average molecular weight is 371 g/mol. The molecule has 0 aliphatic heterocycles. The van der Waals surface area contributed by atoms with Crippen LogP contribution in [0.25, 0.3) is 0 Å². The fourth-order valence-corrected chi connectivity index (χ4v) is 2.88. The van der Waals surface area contributed by atoms with Gasteiger partial charge in [-0.1, -0.05) is 28.1 Å². The van der Waals surface area contributed by atoms with Crippen LogP contribution in [-0.2, 0) is 9.84 Å². The standard InChI is InChI=1S/C14H11BrO5S/c1-21(18,19)13-5-3-2-4-12(13)20-11-7-6-9(15)8-10(11)14(16)17/h2-8H,1H3,(H,16,17). The number of para-hydroxylation sites is 1. The lowest BCUT2D eigenvalue weighted by Crippen LogP contribution is -2.03. The Balaban J connectivity index is 2.52. The number of carbonyl (C=O) groups is 1. The summed E-state index contributed by atoms with van der Waals surface area (Å²) in [5, 5.41) is 9.18. The van der Waals surface area contributed by atoms with Crippen LogP contribution in [0.15, 0.2) is 51.8 Å². The van der Waals surface area contributed by atoms with Crippen molar-refractivity contribution in [1.29, 1.82) is 0 Å². The number of carboxylic acids is 1. The van der Waals surface area contributed by atoms with Crippen molar-refractivity contribution in [2.75, 3.05) is 6.26 Å².